The van der Waals surface area contributed by atoms with Crippen LogP contribution in [-0.2, 0) is 5.41 Å². The van der Waals surface area contributed by atoms with Gasteiger partial charge in [-0.25, -0.2) is 4.39 Å². The quantitative estimate of drug-likeness (QED) is 0.903. The third-order valence-corrected chi connectivity index (χ3v) is 5.10. The number of hydrogen-bond acceptors (Lipinski definition) is 3. The van der Waals surface area contributed by atoms with E-state index in [1.54, 1.807) is 0 Å². The van der Waals surface area contributed by atoms with E-state index in [0.717, 1.165) is 29.9 Å². The molecular formula is C19H17ClFNO3. The molecule has 2 aromatic carbocycles. The maximum absolute atomic E-state index is 13.9. The van der Waals surface area contributed by atoms with E-state index in [9.17, 15) is 9.18 Å². The first-order chi connectivity index (χ1) is 12.1. The van der Waals surface area contributed by atoms with Gasteiger partial charge in [0, 0.05) is 12.0 Å². The summed E-state index contributed by atoms with van der Waals surface area (Å²) < 4.78 is 25.0. The lowest BCUT2D eigenvalue weighted by atomic mass is 9.95. The van der Waals surface area contributed by atoms with Crippen LogP contribution in [0, 0.1) is 5.82 Å². The topological polar surface area (TPSA) is 47.6 Å². The minimum absolute atomic E-state index is 0.109. The van der Waals surface area contributed by atoms with Crippen molar-refractivity contribution in [1.29, 1.82) is 0 Å². The molecule has 130 valence electrons. The number of ether oxygens (including phenoxy) is 2. The van der Waals surface area contributed by atoms with E-state index in [-0.39, 0.29) is 16.0 Å². The number of benzene rings is 2. The molecule has 0 bridgehead atoms. The van der Waals surface area contributed by atoms with Gasteiger partial charge in [-0.15, -0.1) is 0 Å². The first-order valence-corrected chi connectivity index (χ1v) is 8.59. The monoisotopic (exact) mass is 361 g/mol. The Morgan fingerprint density at radius 1 is 1.16 bits per heavy atom. The summed E-state index contributed by atoms with van der Waals surface area (Å²) in [5, 5.41) is 2.94. The van der Waals surface area contributed by atoms with Crippen molar-refractivity contribution in [3.05, 3.63) is 58.4 Å². The lowest BCUT2D eigenvalue weighted by Gasteiger charge is -2.22. The Morgan fingerprint density at radius 3 is 2.64 bits per heavy atom. The average Bonchev–Trinajstić information content (AvgIpc) is 3.41. The van der Waals surface area contributed by atoms with Gasteiger partial charge in [0.2, 0.25) is 0 Å². The molecule has 1 saturated carbocycles. The van der Waals surface area contributed by atoms with Crippen LogP contribution >= 0.6 is 11.6 Å². The molecule has 25 heavy (non-hydrogen) atoms. The molecule has 1 amide bonds. The third kappa shape index (κ3) is 3.04. The van der Waals surface area contributed by atoms with Gasteiger partial charge in [0.05, 0.1) is 10.6 Å². The van der Waals surface area contributed by atoms with Crippen molar-refractivity contribution in [3.8, 4) is 11.5 Å². The normalized spacial score (nSPS) is 17.0. The Balaban J connectivity index is 1.50. The zero-order valence-electron chi connectivity index (χ0n) is 13.5. The molecule has 0 unspecified atom stereocenters. The van der Waals surface area contributed by atoms with Crippen molar-refractivity contribution in [3.63, 3.8) is 0 Å². The summed E-state index contributed by atoms with van der Waals surface area (Å²) in [6, 6.07) is 10.1. The largest absolute Gasteiger partial charge is 0.486 e. The van der Waals surface area contributed by atoms with Crippen molar-refractivity contribution in [2.75, 3.05) is 19.8 Å². The second-order valence-electron chi connectivity index (χ2n) is 6.42. The van der Waals surface area contributed by atoms with E-state index >= 15 is 0 Å². The van der Waals surface area contributed by atoms with Gasteiger partial charge in [-0.05, 0) is 42.7 Å². The molecule has 0 saturated heterocycles. The fourth-order valence-corrected chi connectivity index (χ4v) is 3.39. The van der Waals surface area contributed by atoms with Gasteiger partial charge in [0.1, 0.15) is 19.0 Å². The SMILES string of the molecule is O=C(NCC1(c2ccc3c(c2)OCCO3)CC1)c1c(F)cccc1Cl. The highest BCUT2D eigenvalue weighted by Gasteiger charge is 2.45. The Kier molecular flexibility index (Phi) is 4.04. The molecule has 2 aromatic rings. The van der Waals surface area contributed by atoms with Crippen molar-refractivity contribution >= 4 is 17.5 Å². The molecule has 4 nitrogen and oxygen atoms in total. The first kappa shape index (κ1) is 16.2. The molecule has 1 aliphatic carbocycles. The molecule has 1 N–H and O–H groups in total. The number of carbonyl (C=O) groups excluding carboxylic acids is 1. The summed E-state index contributed by atoms with van der Waals surface area (Å²) in [4.78, 5) is 12.3. The second-order valence-corrected chi connectivity index (χ2v) is 6.83. The van der Waals surface area contributed by atoms with Gasteiger partial charge in [-0.2, -0.15) is 0 Å². The molecule has 1 aliphatic heterocycles. The molecule has 2 aliphatic rings. The van der Waals surface area contributed by atoms with Crippen LogP contribution in [0.15, 0.2) is 36.4 Å². The van der Waals surface area contributed by atoms with Crippen LogP contribution in [0.3, 0.4) is 0 Å². The van der Waals surface area contributed by atoms with Gasteiger partial charge in [0.15, 0.2) is 11.5 Å². The summed E-state index contributed by atoms with van der Waals surface area (Å²) in [7, 11) is 0. The van der Waals surface area contributed by atoms with Gasteiger partial charge in [0.25, 0.3) is 5.91 Å². The fourth-order valence-electron chi connectivity index (χ4n) is 3.14. The van der Waals surface area contributed by atoms with Crippen LogP contribution in [0.25, 0.3) is 0 Å². The maximum atomic E-state index is 13.9. The number of halogens is 2. The van der Waals surface area contributed by atoms with Gasteiger partial charge < -0.3 is 14.8 Å². The zero-order chi connectivity index (χ0) is 17.4. The highest BCUT2D eigenvalue weighted by Crippen LogP contribution is 2.49. The number of fused-ring (bicyclic) bond motifs is 1. The van der Waals surface area contributed by atoms with Crippen molar-refractivity contribution < 1.29 is 18.7 Å². The molecule has 1 fully saturated rings. The summed E-state index contributed by atoms with van der Waals surface area (Å²) in [5.74, 6) is 0.368. The smallest absolute Gasteiger partial charge is 0.255 e. The molecule has 0 aromatic heterocycles. The van der Waals surface area contributed by atoms with Crippen LogP contribution in [0.5, 0.6) is 11.5 Å². The molecule has 0 spiro atoms. The van der Waals surface area contributed by atoms with E-state index in [1.807, 2.05) is 18.2 Å². The van der Waals surface area contributed by atoms with Crippen LogP contribution < -0.4 is 14.8 Å². The zero-order valence-corrected chi connectivity index (χ0v) is 14.2. The average molecular weight is 362 g/mol. The van der Waals surface area contributed by atoms with Crippen molar-refractivity contribution in [2.24, 2.45) is 0 Å². The number of carbonyl (C=O) groups is 1. The number of hydrogen-bond donors (Lipinski definition) is 1. The van der Waals surface area contributed by atoms with E-state index in [4.69, 9.17) is 21.1 Å². The third-order valence-electron chi connectivity index (χ3n) is 4.79. The number of amides is 1. The first-order valence-electron chi connectivity index (χ1n) is 8.21. The van der Waals surface area contributed by atoms with Crippen LogP contribution in [0.1, 0.15) is 28.8 Å². The van der Waals surface area contributed by atoms with E-state index in [1.165, 1.54) is 18.2 Å². The second kappa shape index (κ2) is 6.23. The molecule has 6 heteroatoms. The predicted octanol–water partition coefficient (Wildman–Crippen LogP) is 3.71. The Hall–Kier alpha value is -2.27. The molecule has 0 radical (unpaired) electrons. The predicted molar refractivity (Wildman–Crippen MR) is 92.1 cm³/mol. The van der Waals surface area contributed by atoms with E-state index in [0.29, 0.717) is 19.8 Å². The summed E-state index contributed by atoms with van der Waals surface area (Å²) >= 11 is 5.96. The summed E-state index contributed by atoms with van der Waals surface area (Å²) in [6.45, 7) is 1.51. The number of rotatable bonds is 4. The van der Waals surface area contributed by atoms with Gasteiger partial charge >= 0.3 is 0 Å². The molecular weight excluding hydrogens is 345 g/mol. The summed E-state index contributed by atoms with van der Waals surface area (Å²) in [5.41, 5.74) is 0.849. The lowest BCUT2D eigenvalue weighted by Crippen LogP contribution is -2.33. The Bertz CT molecular complexity index is 815. The Labute approximate surface area is 149 Å². The lowest BCUT2D eigenvalue weighted by molar-refractivity contribution is 0.0946. The van der Waals surface area contributed by atoms with E-state index in [2.05, 4.69) is 5.32 Å². The Morgan fingerprint density at radius 2 is 1.92 bits per heavy atom. The standard InChI is InChI=1S/C19H17ClFNO3/c20-13-2-1-3-14(21)17(13)18(23)22-11-19(6-7-19)12-4-5-15-16(10-12)25-9-8-24-15/h1-5,10H,6-9,11H2,(H,22,23). The minimum atomic E-state index is -0.617. The van der Waals surface area contributed by atoms with Crippen LogP contribution in [0.2, 0.25) is 5.02 Å². The highest BCUT2D eigenvalue weighted by molar-refractivity contribution is 6.33. The van der Waals surface area contributed by atoms with Crippen LogP contribution in [0.4, 0.5) is 4.39 Å². The maximum Gasteiger partial charge on any atom is 0.255 e. The van der Waals surface area contributed by atoms with Gasteiger partial charge in [-0.3, -0.25) is 4.79 Å². The molecule has 1 heterocycles. The van der Waals surface area contributed by atoms with Crippen molar-refractivity contribution in [2.45, 2.75) is 18.3 Å². The van der Waals surface area contributed by atoms with Gasteiger partial charge in [-0.1, -0.05) is 23.7 Å². The minimum Gasteiger partial charge on any atom is -0.486 e. The highest BCUT2D eigenvalue weighted by atomic mass is 35.5. The van der Waals surface area contributed by atoms with E-state index < -0.39 is 11.7 Å². The van der Waals surface area contributed by atoms with Crippen LogP contribution in [-0.4, -0.2) is 25.7 Å². The fraction of sp³-hybridized carbons (Fsp3) is 0.316. The number of nitrogens with one attached hydrogen (secondary N) is 1. The summed E-state index contributed by atoms with van der Waals surface area (Å²) in [6.07, 6.45) is 1.91. The van der Waals surface area contributed by atoms with Crippen molar-refractivity contribution in [1.82, 2.24) is 5.32 Å². The molecule has 4 rings (SSSR count). The molecule has 0 atom stereocenters.